The first-order valence-corrected chi connectivity index (χ1v) is 12.8. The van der Waals surface area contributed by atoms with Crippen molar-refractivity contribution < 1.29 is 17.6 Å². The Bertz CT molecular complexity index is 1130. The zero-order valence-electron chi connectivity index (χ0n) is 17.4. The Morgan fingerprint density at radius 1 is 1.03 bits per heavy atom. The first-order valence-electron chi connectivity index (χ1n) is 10.5. The minimum Gasteiger partial charge on any atom is -0.494 e. The molecule has 0 amide bonds. The fourth-order valence-corrected chi connectivity index (χ4v) is 5.47. The molecule has 1 aromatic heterocycles. The van der Waals surface area contributed by atoms with Crippen LogP contribution in [0, 0.1) is 0 Å². The van der Waals surface area contributed by atoms with Crippen LogP contribution in [0.4, 0.5) is 5.88 Å². The number of ether oxygens (including phenoxy) is 1. The zero-order chi connectivity index (χ0) is 21.8. The smallest absolute Gasteiger partial charge is 0.236 e. The van der Waals surface area contributed by atoms with Gasteiger partial charge in [-0.15, -0.1) is 0 Å². The van der Waals surface area contributed by atoms with Crippen LogP contribution >= 0.6 is 15.9 Å². The average Bonchev–Trinajstić information content (AvgIpc) is 3.04. The van der Waals surface area contributed by atoms with Crippen molar-refractivity contribution in [1.82, 2.24) is 4.98 Å². The van der Waals surface area contributed by atoms with Gasteiger partial charge in [0.25, 0.3) is 0 Å². The molecule has 0 unspecified atom stereocenters. The molecule has 0 N–H and O–H groups in total. The molecule has 6 nitrogen and oxygen atoms in total. The fraction of sp³-hybridized carbons (Fsp3) is 0.348. The van der Waals surface area contributed by atoms with Gasteiger partial charge in [0.1, 0.15) is 5.75 Å². The Labute approximate surface area is 191 Å². The number of sulfone groups is 1. The summed E-state index contributed by atoms with van der Waals surface area (Å²) in [5.41, 5.74) is 0.715. The van der Waals surface area contributed by atoms with Gasteiger partial charge in [-0.1, -0.05) is 25.0 Å². The molecule has 1 aliphatic heterocycles. The summed E-state index contributed by atoms with van der Waals surface area (Å²) in [5.74, 6) is 1.24. The third-order valence-corrected chi connectivity index (χ3v) is 7.64. The highest BCUT2D eigenvalue weighted by atomic mass is 79.9. The molecule has 3 aromatic rings. The SMILES string of the molecule is CCOc1ccc(S(=O)(=O)c2nc(-c3ccccc3Br)oc2N2CCCCCC2)cc1. The van der Waals surface area contributed by atoms with E-state index in [1.165, 1.54) is 0 Å². The lowest BCUT2D eigenvalue weighted by Crippen LogP contribution is -2.25. The van der Waals surface area contributed by atoms with Gasteiger partial charge < -0.3 is 14.1 Å². The van der Waals surface area contributed by atoms with Gasteiger partial charge in [0, 0.05) is 17.6 Å². The van der Waals surface area contributed by atoms with Crippen LogP contribution in [-0.4, -0.2) is 33.1 Å². The van der Waals surface area contributed by atoms with Crippen molar-refractivity contribution in [1.29, 1.82) is 0 Å². The summed E-state index contributed by atoms with van der Waals surface area (Å²) < 4.78 is 39.5. The van der Waals surface area contributed by atoms with Gasteiger partial charge in [-0.25, -0.2) is 8.42 Å². The summed E-state index contributed by atoms with van der Waals surface area (Å²) in [6.45, 7) is 3.90. The maximum Gasteiger partial charge on any atom is 0.236 e. The normalized spacial score (nSPS) is 15.0. The number of nitrogens with zero attached hydrogens (tertiary/aromatic N) is 2. The van der Waals surface area contributed by atoms with E-state index in [2.05, 4.69) is 20.9 Å². The van der Waals surface area contributed by atoms with E-state index in [1.807, 2.05) is 36.1 Å². The first-order chi connectivity index (χ1) is 15.0. The molecule has 8 heteroatoms. The first kappa shape index (κ1) is 21.9. The number of hydrogen-bond acceptors (Lipinski definition) is 6. The van der Waals surface area contributed by atoms with Crippen molar-refractivity contribution in [2.45, 2.75) is 42.5 Å². The van der Waals surface area contributed by atoms with Crippen LogP contribution in [0.2, 0.25) is 0 Å². The molecule has 2 aromatic carbocycles. The molecule has 1 fully saturated rings. The van der Waals surface area contributed by atoms with Crippen LogP contribution in [0.15, 0.2) is 67.3 Å². The van der Waals surface area contributed by atoms with E-state index in [-0.39, 0.29) is 15.8 Å². The summed E-state index contributed by atoms with van der Waals surface area (Å²) in [4.78, 5) is 6.68. The number of anilines is 1. The third-order valence-electron chi connectivity index (χ3n) is 5.28. The molecule has 4 rings (SSSR count). The fourth-order valence-electron chi connectivity index (χ4n) is 3.69. The predicted octanol–water partition coefficient (Wildman–Crippen LogP) is 5.72. The Morgan fingerprint density at radius 3 is 2.35 bits per heavy atom. The predicted molar refractivity (Wildman–Crippen MR) is 123 cm³/mol. The average molecular weight is 505 g/mol. The monoisotopic (exact) mass is 504 g/mol. The van der Waals surface area contributed by atoms with Crippen LogP contribution in [0.5, 0.6) is 5.75 Å². The summed E-state index contributed by atoms with van der Waals surface area (Å²) in [7, 11) is -3.88. The van der Waals surface area contributed by atoms with E-state index in [1.54, 1.807) is 24.3 Å². The van der Waals surface area contributed by atoms with Gasteiger partial charge in [-0.2, -0.15) is 4.98 Å². The molecule has 2 heterocycles. The molecule has 1 aliphatic rings. The molecule has 0 radical (unpaired) electrons. The van der Waals surface area contributed by atoms with E-state index in [9.17, 15) is 8.42 Å². The summed E-state index contributed by atoms with van der Waals surface area (Å²) >= 11 is 3.52. The van der Waals surface area contributed by atoms with E-state index in [0.29, 0.717) is 23.8 Å². The van der Waals surface area contributed by atoms with Gasteiger partial charge in [0.05, 0.1) is 17.1 Å². The van der Waals surface area contributed by atoms with E-state index in [0.717, 1.165) is 43.2 Å². The molecule has 0 spiro atoms. The number of oxazole rings is 1. The number of halogens is 1. The molecule has 0 saturated carbocycles. The van der Waals surface area contributed by atoms with Gasteiger partial charge in [0.2, 0.25) is 26.6 Å². The van der Waals surface area contributed by atoms with Gasteiger partial charge in [0.15, 0.2) is 0 Å². The van der Waals surface area contributed by atoms with E-state index < -0.39 is 9.84 Å². The molecular formula is C23H25BrN2O4S. The molecule has 0 bridgehead atoms. The molecule has 31 heavy (non-hydrogen) atoms. The number of benzene rings is 2. The van der Waals surface area contributed by atoms with Crippen LogP contribution in [0.25, 0.3) is 11.5 Å². The highest BCUT2D eigenvalue weighted by Crippen LogP contribution is 2.37. The van der Waals surface area contributed by atoms with Crippen molar-refractivity contribution >= 4 is 31.7 Å². The van der Waals surface area contributed by atoms with Gasteiger partial charge in [-0.3, -0.25) is 0 Å². The van der Waals surface area contributed by atoms with Crippen molar-refractivity contribution in [2.24, 2.45) is 0 Å². The highest BCUT2D eigenvalue weighted by molar-refractivity contribution is 9.10. The topological polar surface area (TPSA) is 72.6 Å². The van der Waals surface area contributed by atoms with Crippen LogP contribution in [0.1, 0.15) is 32.6 Å². The lowest BCUT2D eigenvalue weighted by molar-refractivity contribution is 0.340. The largest absolute Gasteiger partial charge is 0.494 e. The molecule has 0 atom stereocenters. The second-order valence-electron chi connectivity index (χ2n) is 7.42. The Kier molecular flexibility index (Phi) is 6.67. The maximum absolute atomic E-state index is 13.6. The van der Waals surface area contributed by atoms with E-state index in [4.69, 9.17) is 9.15 Å². The lowest BCUT2D eigenvalue weighted by atomic mass is 10.2. The van der Waals surface area contributed by atoms with Crippen LogP contribution in [-0.2, 0) is 9.84 Å². The standard InChI is InChI=1S/C23H25BrN2O4S/c1-2-29-17-11-13-18(14-12-17)31(27,28)22-23(26-15-7-3-4-8-16-26)30-21(25-22)19-9-5-6-10-20(19)24/h5-6,9-14H,2-4,7-8,15-16H2,1H3. The van der Waals surface area contributed by atoms with Crippen LogP contribution < -0.4 is 9.64 Å². The number of aromatic nitrogens is 1. The van der Waals surface area contributed by atoms with Gasteiger partial charge in [-0.05, 0) is 72.1 Å². The second kappa shape index (κ2) is 9.44. The lowest BCUT2D eigenvalue weighted by Gasteiger charge is -2.20. The summed E-state index contributed by atoms with van der Waals surface area (Å²) in [6, 6.07) is 13.9. The van der Waals surface area contributed by atoms with Crippen molar-refractivity contribution in [3.8, 4) is 17.2 Å². The highest BCUT2D eigenvalue weighted by Gasteiger charge is 2.32. The Hall–Kier alpha value is -2.32. The number of hydrogen-bond donors (Lipinski definition) is 0. The van der Waals surface area contributed by atoms with Gasteiger partial charge >= 0.3 is 0 Å². The molecule has 0 aliphatic carbocycles. The minimum absolute atomic E-state index is 0.0377. The minimum atomic E-state index is -3.88. The number of rotatable bonds is 6. The zero-order valence-corrected chi connectivity index (χ0v) is 19.8. The van der Waals surface area contributed by atoms with Crippen molar-refractivity contribution in [3.63, 3.8) is 0 Å². The van der Waals surface area contributed by atoms with Crippen molar-refractivity contribution in [2.75, 3.05) is 24.6 Å². The Morgan fingerprint density at radius 2 is 1.71 bits per heavy atom. The third kappa shape index (κ3) is 4.65. The second-order valence-corrected chi connectivity index (χ2v) is 10.1. The van der Waals surface area contributed by atoms with Crippen LogP contribution in [0.3, 0.4) is 0 Å². The molecular weight excluding hydrogens is 480 g/mol. The van der Waals surface area contributed by atoms with E-state index >= 15 is 0 Å². The maximum atomic E-state index is 13.6. The summed E-state index contributed by atoms with van der Waals surface area (Å²) in [5, 5.41) is -0.0377. The quantitative estimate of drug-likeness (QED) is 0.427. The summed E-state index contributed by atoms with van der Waals surface area (Å²) in [6.07, 6.45) is 4.24. The molecule has 1 saturated heterocycles. The molecule has 164 valence electrons. The Balaban J connectivity index is 1.81. The van der Waals surface area contributed by atoms with Crippen molar-refractivity contribution in [3.05, 3.63) is 53.0 Å².